The van der Waals surface area contributed by atoms with Gasteiger partial charge in [-0.05, 0) is 18.2 Å². The van der Waals surface area contributed by atoms with E-state index in [1.165, 1.54) is 0 Å². The molecule has 1 aliphatic heterocycles. The number of hydrogen-bond donors (Lipinski definition) is 0. The molecule has 5 heteroatoms. The maximum Gasteiger partial charge on any atom is 0.150 e. The average molecular weight is 290 g/mol. The lowest BCUT2D eigenvalue weighted by atomic mass is 10.2. The Labute approximate surface area is 107 Å². The van der Waals surface area contributed by atoms with Gasteiger partial charge in [-0.1, -0.05) is 22.0 Å². The lowest BCUT2D eigenvalue weighted by Crippen LogP contribution is -2.01. The zero-order valence-corrected chi connectivity index (χ0v) is 10.4. The van der Waals surface area contributed by atoms with Gasteiger partial charge < -0.3 is 4.74 Å². The molecule has 0 bridgehead atoms. The number of rotatable bonds is 1. The van der Waals surface area contributed by atoms with Crippen molar-refractivity contribution in [2.45, 2.75) is 13.2 Å². The van der Waals surface area contributed by atoms with Gasteiger partial charge in [-0.15, -0.1) is 0 Å². The number of hydrogen-bond acceptors (Lipinski definition) is 3. The predicted octanol–water partition coefficient (Wildman–Crippen LogP) is 2.54. The van der Waals surface area contributed by atoms with Crippen molar-refractivity contribution in [1.29, 1.82) is 5.26 Å². The third-order valence-corrected chi connectivity index (χ3v) is 3.20. The second-order valence-electron chi connectivity index (χ2n) is 3.77. The van der Waals surface area contributed by atoms with Gasteiger partial charge in [0.2, 0.25) is 0 Å². The fraction of sp³-hybridized carbons (Fsp3) is 0.167. The Kier molecular flexibility index (Phi) is 2.46. The highest BCUT2D eigenvalue weighted by Gasteiger charge is 2.23. The molecular formula is C12H8BrN3O. The Bertz CT molecular complexity index is 627. The van der Waals surface area contributed by atoms with Gasteiger partial charge in [-0.3, -0.25) is 0 Å². The molecule has 0 aliphatic carbocycles. The van der Waals surface area contributed by atoms with Crippen molar-refractivity contribution >= 4 is 15.9 Å². The molecular weight excluding hydrogens is 282 g/mol. The first-order valence-electron chi connectivity index (χ1n) is 5.14. The minimum Gasteiger partial charge on any atom is -0.370 e. The summed E-state index contributed by atoms with van der Waals surface area (Å²) in [6, 6.07) is 9.92. The Balaban J connectivity index is 2.19. The van der Waals surface area contributed by atoms with Crippen molar-refractivity contribution in [3.05, 3.63) is 45.7 Å². The van der Waals surface area contributed by atoms with E-state index >= 15 is 0 Å². The van der Waals surface area contributed by atoms with Gasteiger partial charge in [0.15, 0.2) is 0 Å². The molecule has 0 saturated carbocycles. The molecule has 0 fully saturated rings. The second kappa shape index (κ2) is 3.99. The van der Waals surface area contributed by atoms with E-state index in [-0.39, 0.29) is 0 Å². The fourth-order valence-corrected chi connectivity index (χ4v) is 2.31. The molecule has 0 N–H and O–H groups in total. The van der Waals surface area contributed by atoms with Crippen LogP contribution in [0.2, 0.25) is 0 Å². The van der Waals surface area contributed by atoms with Crippen LogP contribution in [0.3, 0.4) is 0 Å². The zero-order valence-electron chi connectivity index (χ0n) is 8.85. The van der Waals surface area contributed by atoms with Crippen molar-refractivity contribution in [2.75, 3.05) is 0 Å². The van der Waals surface area contributed by atoms with Gasteiger partial charge in [0.25, 0.3) is 0 Å². The summed E-state index contributed by atoms with van der Waals surface area (Å²) in [4.78, 5) is 0. The van der Waals surface area contributed by atoms with E-state index in [0.717, 1.165) is 21.4 Å². The third-order valence-electron chi connectivity index (χ3n) is 2.71. The summed E-state index contributed by atoms with van der Waals surface area (Å²) in [5, 5.41) is 13.6. The van der Waals surface area contributed by atoms with E-state index in [0.29, 0.717) is 18.9 Å². The maximum absolute atomic E-state index is 9.22. The lowest BCUT2D eigenvalue weighted by molar-refractivity contribution is 0.131. The Morgan fingerprint density at radius 1 is 1.41 bits per heavy atom. The minimum atomic E-state index is 0.478. The highest BCUT2D eigenvalue weighted by Crippen LogP contribution is 2.25. The molecule has 1 aromatic heterocycles. The van der Waals surface area contributed by atoms with Crippen LogP contribution >= 0.6 is 15.9 Å². The molecule has 1 aliphatic rings. The average Bonchev–Trinajstić information content (AvgIpc) is 2.88. The molecule has 1 aromatic carbocycles. The summed E-state index contributed by atoms with van der Waals surface area (Å²) < 4.78 is 7.92. The number of aromatic nitrogens is 2. The van der Waals surface area contributed by atoms with Crippen LogP contribution in [0.1, 0.15) is 17.0 Å². The number of nitrogens with zero attached hydrogens (tertiary/aromatic N) is 3. The second-order valence-corrected chi connectivity index (χ2v) is 4.69. The van der Waals surface area contributed by atoms with Crippen molar-refractivity contribution in [3.8, 4) is 11.8 Å². The number of nitriles is 1. The fourth-order valence-electron chi connectivity index (χ4n) is 1.92. The molecule has 0 atom stereocenters. The summed E-state index contributed by atoms with van der Waals surface area (Å²) in [5.74, 6) is 0. The van der Waals surface area contributed by atoms with Gasteiger partial charge in [0.05, 0.1) is 24.6 Å². The number of halogens is 1. The molecule has 0 unspecified atom stereocenters. The van der Waals surface area contributed by atoms with Gasteiger partial charge >= 0.3 is 0 Å². The summed E-state index contributed by atoms with van der Waals surface area (Å²) in [6.07, 6.45) is 0. The van der Waals surface area contributed by atoms with E-state index < -0.39 is 0 Å². The Morgan fingerprint density at radius 3 is 3.06 bits per heavy atom. The van der Waals surface area contributed by atoms with E-state index in [1.807, 2.05) is 24.3 Å². The van der Waals surface area contributed by atoms with Gasteiger partial charge in [-0.25, -0.2) is 4.68 Å². The Hall–Kier alpha value is -1.64. The molecule has 84 valence electrons. The number of ether oxygens (including phenoxy) is 1. The normalized spacial score (nSPS) is 13.4. The Morgan fingerprint density at radius 2 is 2.29 bits per heavy atom. The van der Waals surface area contributed by atoms with E-state index in [2.05, 4.69) is 27.1 Å². The van der Waals surface area contributed by atoms with Gasteiger partial charge in [0.1, 0.15) is 11.8 Å². The summed E-state index contributed by atoms with van der Waals surface area (Å²) in [7, 11) is 0. The molecule has 2 heterocycles. The van der Waals surface area contributed by atoms with Crippen molar-refractivity contribution in [1.82, 2.24) is 9.78 Å². The van der Waals surface area contributed by atoms with Crippen molar-refractivity contribution < 1.29 is 4.74 Å². The molecule has 17 heavy (non-hydrogen) atoms. The topological polar surface area (TPSA) is 50.8 Å². The summed E-state index contributed by atoms with van der Waals surface area (Å²) >= 11 is 3.41. The smallest absolute Gasteiger partial charge is 0.150 e. The van der Waals surface area contributed by atoms with Crippen LogP contribution in [0.5, 0.6) is 0 Å². The van der Waals surface area contributed by atoms with Crippen molar-refractivity contribution in [2.24, 2.45) is 0 Å². The highest BCUT2D eigenvalue weighted by atomic mass is 79.9. The quantitative estimate of drug-likeness (QED) is 0.811. The van der Waals surface area contributed by atoms with E-state index in [4.69, 9.17) is 4.74 Å². The number of fused-ring (bicyclic) bond motifs is 1. The van der Waals surface area contributed by atoms with Crippen molar-refractivity contribution in [3.63, 3.8) is 0 Å². The van der Waals surface area contributed by atoms with Gasteiger partial charge in [0, 0.05) is 10.0 Å². The molecule has 0 radical (unpaired) electrons. The van der Waals surface area contributed by atoms with Crippen LogP contribution in [0.15, 0.2) is 28.7 Å². The number of benzene rings is 1. The van der Waals surface area contributed by atoms with E-state index in [9.17, 15) is 5.26 Å². The summed E-state index contributed by atoms with van der Waals surface area (Å²) in [6.45, 7) is 0.969. The molecule has 3 rings (SSSR count). The standard InChI is InChI=1S/C12H8BrN3O/c13-8-2-1-3-9(4-8)16-12(5-14)10-6-17-7-11(10)15-16/h1-4H,6-7H2. The predicted molar refractivity (Wildman–Crippen MR) is 64.5 cm³/mol. The summed E-state index contributed by atoms with van der Waals surface area (Å²) in [5.41, 5.74) is 3.22. The van der Waals surface area contributed by atoms with Gasteiger partial charge in [-0.2, -0.15) is 10.4 Å². The lowest BCUT2D eigenvalue weighted by Gasteiger charge is -2.04. The SMILES string of the molecule is N#Cc1c2c(nn1-c1cccc(Br)c1)COC2. The van der Waals surface area contributed by atoms with Crippen LogP contribution in [0.25, 0.3) is 5.69 Å². The molecule has 2 aromatic rings. The van der Waals surface area contributed by atoms with Crippen LogP contribution < -0.4 is 0 Å². The first-order valence-corrected chi connectivity index (χ1v) is 5.93. The zero-order chi connectivity index (χ0) is 11.8. The van der Waals surface area contributed by atoms with Crippen LogP contribution in [0, 0.1) is 11.3 Å². The molecule has 4 nitrogen and oxygen atoms in total. The van der Waals surface area contributed by atoms with E-state index in [1.54, 1.807) is 4.68 Å². The first-order chi connectivity index (χ1) is 8.29. The monoisotopic (exact) mass is 289 g/mol. The largest absolute Gasteiger partial charge is 0.370 e. The molecule has 0 amide bonds. The maximum atomic E-state index is 9.22. The first kappa shape index (κ1) is 10.5. The molecule has 0 spiro atoms. The molecule has 0 saturated heterocycles. The van der Waals surface area contributed by atoms with Crippen LogP contribution in [-0.2, 0) is 18.0 Å². The van der Waals surface area contributed by atoms with Crippen LogP contribution in [-0.4, -0.2) is 9.78 Å². The van der Waals surface area contributed by atoms with Crippen LogP contribution in [0.4, 0.5) is 0 Å². The minimum absolute atomic E-state index is 0.478. The highest BCUT2D eigenvalue weighted by molar-refractivity contribution is 9.10. The third kappa shape index (κ3) is 1.66.